The van der Waals surface area contributed by atoms with E-state index in [9.17, 15) is 0 Å². The fraction of sp³-hybridized carbons (Fsp3) is 0.455. The molecule has 0 nitrogen and oxygen atoms in total. The fourth-order valence-corrected chi connectivity index (χ4v) is 0.808. The van der Waals surface area contributed by atoms with Crippen LogP contribution in [0.5, 0.6) is 0 Å². The van der Waals surface area contributed by atoms with E-state index in [4.69, 9.17) is 0 Å². The van der Waals surface area contributed by atoms with Crippen LogP contribution < -0.4 is 0 Å². The molecule has 0 rings (SSSR count). The summed E-state index contributed by atoms with van der Waals surface area (Å²) in [6, 6.07) is 0. The molecule has 0 fully saturated rings. The van der Waals surface area contributed by atoms with Crippen LogP contribution in [0.4, 0.5) is 0 Å². The average molecular weight is 150 g/mol. The first-order valence-corrected chi connectivity index (χ1v) is 4.19. The molecule has 0 aliphatic rings. The molecule has 0 N–H and O–H groups in total. The second kappa shape index (κ2) is 7.33. The van der Waals surface area contributed by atoms with Crippen molar-refractivity contribution in [1.82, 2.24) is 0 Å². The summed E-state index contributed by atoms with van der Waals surface area (Å²) in [7, 11) is 0. The molecule has 0 heteroatoms. The highest BCUT2D eigenvalue weighted by atomic mass is 13.9. The lowest BCUT2D eigenvalue weighted by atomic mass is 10.1. The second-order valence-electron chi connectivity index (χ2n) is 2.80. The van der Waals surface area contributed by atoms with Crippen LogP contribution in [-0.2, 0) is 0 Å². The Labute approximate surface area is 70.3 Å². The molecule has 0 aromatic rings. The largest absolute Gasteiger partial charge is 0.100 e. The minimum atomic E-state index is 1.15. The van der Waals surface area contributed by atoms with Gasteiger partial charge in [-0.25, -0.2) is 0 Å². The van der Waals surface area contributed by atoms with Crippen LogP contribution in [0.15, 0.2) is 36.5 Å². The molecule has 62 valence electrons. The number of allylic oxidation sites excluding steroid dienone is 5. The predicted molar refractivity (Wildman–Crippen MR) is 52.6 cm³/mol. The molecule has 0 atom stereocenters. The van der Waals surface area contributed by atoms with Crippen LogP contribution in [0, 0.1) is 0 Å². The van der Waals surface area contributed by atoms with Crippen molar-refractivity contribution < 1.29 is 0 Å². The molecule has 11 heavy (non-hydrogen) atoms. The van der Waals surface area contributed by atoms with Crippen molar-refractivity contribution >= 4 is 0 Å². The monoisotopic (exact) mass is 150 g/mol. The first-order valence-electron chi connectivity index (χ1n) is 4.19. The minimum absolute atomic E-state index is 1.15. The Morgan fingerprint density at radius 2 is 2.09 bits per heavy atom. The molecule has 0 saturated heterocycles. The highest BCUT2D eigenvalue weighted by Gasteiger charge is 1.83. The molecule has 0 bridgehead atoms. The fourth-order valence-electron chi connectivity index (χ4n) is 0.808. The van der Waals surface area contributed by atoms with Crippen molar-refractivity contribution in [3.63, 3.8) is 0 Å². The summed E-state index contributed by atoms with van der Waals surface area (Å²) in [6.45, 7) is 7.96. The molecular weight excluding hydrogens is 132 g/mol. The van der Waals surface area contributed by atoms with E-state index in [1.54, 1.807) is 0 Å². The quantitative estimate of drug-likeness (QED) is 0.317. The first kappa shape index (κ1) is 10.2. The van der Waals surface area contributed by atoms with Gasteiger partial charge in [0.1, 0.15) is 0 Å². The molecule has 0 aliphatic carbocycles. The minimum Gasteiger partial charge on any atom is -0.100 e. The van der Waals surface area contributed by atoms with Gasteiger partial charge in [-0.1, -0.05) is 29.9 Å². The van der Waals surface area contributed by atoms with Gasteiger partial charge in [-0.2, -0.15) is 0 Å². The molecule has 0 amide bonds. The van der Waals surface area contributed by atoms with Gasteiger partial charge < -0.3 is 0 Å². The van der Waals surface area contributed by atoms with Gasteiger partial charge in [0.15, 0.2) is 0 Å². The summed E-state index contributed by atoms with van der Waals surface area (Å²) in [4.78, 5) is 0. The zero-order valence-corrected chi connectivity index (χ0v) is 7.64. The maximum Gasteiger partial charge on any atom is -0.0323 e. The normalized spacial score (nSPS) is 11.5. The summed E-state index contributed by atoms with van der Waals surface area (Å²) >= 11 is 0. The Bertz CT molecular complexity index is 149. The molecule has 0 aromatic heterocycles. The van der Waals surface area contributed by atoms with E-state index < -0.39 is 0 Å². The topological polar surface area (TPSA) is 0 Å². The third-order valence-corrected chi connectivity index (χ3v) is 1.41. The van der Waals surface area contributed by atoms with E-state index >= 15 is 0 Å². The Hall–Kier alpha value is -0.780. The summed E-state index contributed by atoms with van der Waals surface area (Å²) in [6.07, 6.45) is 11.9. The molecule has 0 radical (unpaired) electrons. The lowest BCUT2D eigenvalue weighted by Crippen LogP contribution is -1.73. The highest BCUT2D eigenvalue weighted by Crippen LogP contribution is 2.03. The zero-order chi connectivity index (χ0) is 8.53. The van der Waals surface area contributed by atoms with Crippen molar-refractivity contribution in [3.8, 4) is 0 Å². The average Bonchev–Trinajstić information content (AvgIpc) is 1.96. The Kier molecular flexibility index (Phi) is 6.81. The van der Waals surface area contributed by atoms with Gasteiger partial charge >= 0.3 is 0 Å². The third kappa shape index (κ3) is 9.22. The van der Waals surface area contributed by atoms with Crippen molar-refractivity contribution in [2.45, 2.75) is 33.1 Å². The molecule has 0 unspecified atom stereocenters. The first-order chi connectivity index (χ1) is 5.27. The van der Waals surface area contributed by atoms with Crippen molar-refractivity contribution in [1.29, 1.82) is 0 Å². The molecule has 0 aliphatic heterocycles. The smallest absolute Gasteiger partial charge is 0.0323 e. The van der Waals surface area contributed by atoms with E-state index in [0.717, 1.165) is 12.8 Å². The standard InChI is InChI=1S/C11H18/c1-4-5-6-7-8-9-10-11(2)3/h4-7H,2,8-10H2,1,3H3. The zero-order valence-electron chi connectivity index (χ0n) is 7.64. The maximum absolute atomic E-state index is 3.85. The second-order valence-corrected chi connectivity index (χ2v) is 2.80. The van der Waals surface area contributed by atoms with E-state index in [2.05, 4.69) is 31.7 Å². The van der Waals surface area contributed by atoms with Gasteiger partial charge in [-0.15, -0.1) is 6.58 Å². The lowest BCUT2D eigenvalue weighted by Gasteiger charge is -1.93. The maximum atomic E-state index is 3.85. The van der Waals surface area contributed by atoms with Crippen molar-refractivity contribution in [2.24, 2.45) is 0 Å². The third-order valence-electron chi connectivity index (χ3n) is 1.41. The summed E-state index contributed by atoms with van der Waals surface area (Å²) in [5.74, 6) is 0. The van der Waals surface area contributed by atoms with Crippen molar-refractivity contribution in [2.75, 3.05) is 0 Å². The number of hydrogen-bond donors (Lipinski definition) is 0. The van der Waals surface area contributed by atoms with Crippen LogP contribution in [-0.4, -0.2) is 0 Å². The van der Waals surface area contributed by atoms with E-state index in [-0.39, 0.29) is 0 Å². The molecule has 0 aromatic carbocycles. The SMILES string of the molecule is C=C(C)CCCC=CC=CC. The number of unbranched alkanes of at least 4 members (excludes halogenated alkanes) is 1. The molecular formula is C11H18. The van der Waals surface area contributed by atoms with Crippen molar-refractivity contribution in [3.05, 3.63) is 36.5 Å². The van der Waals surface area contributed by atoms with Crippen LogP contribution in [0.2, 0.25) is 0 Å². The summed E-state index contributed by atoms with van der Waals surface area (Å²) in [5.41, 5.74) is 1.28. The van der Waals surface area contributed by atoms with Gasteiger partial charge in [0, 0.05) is 0 Å². The van der Waals surface area contributed by atoms with E-state index in [0.29, 0.717) is 0 Å². The Balaban J connectivity index is 3.20. The molecule has 0 spiro atoms. The lowest BCUT2D eigenvalue weighted by molar-refractivity contribution is 0.835. The van der Waals surface area contributed by atoms with Gasteiger partial charge in [0.2, 0.25) is 0 Å². The van der Waals surface area contributed by atoms with Crippen LogP contribution in [0.3, 0.4) is 0 Å². The van der Waals surface area contributed by atoms with Gasteiger partial charge in [0.25, 0.3) is 0 Å². The Morgan fingerprint density at radius 1 is 1.36 bits per heavy atom. The van der Waals surface area contributed by atoms with Gasteiger partial charge in [-0.05, 0) is 33.1 Å². The summed E-state index contributed by atoms with van der Waals surface area (Å²) in [5, 5.41) is 0. The van der Waals surface area contributed by atoms with Crippen LogP contribution in [0.1, 0.15) is 33.1 Å². The Morgan fingerprint density at radius 3 is 2.64 bits per heavy atom. The summed E-state index contributed by atoms with van der Waals surface area (Å²) < 4.78 is 0. The van der Waals surface area contributed by atoms with Crippen LogP contribution >= 0.6 is 0 Å². The number of hydrogen-bond acceptors (Lipinski definition) is 0. The van der Waals surface area contributed by atoms with Gasteiger partial charge in [-0.3, -0.25) is 0 Å². The van der Waals surface area contributed by atoms with Gasteiger partial charge in [0.05, 0.1) is 0 Å². The number of rotatable bonds is 5. The molecule has 0 saturated carbocycles. The highest BCUT2D eigenvalue weighted by molar-refractivity contribution is 5.01. The predicted octanol–water partition coefficient (Wildman–Crippen LogP) is 3.87. The molecule has 0 heterocycles. The van der Waals surface area contributed by atoms with E-state index in [1.165, 1.54) is 12.0 Å². The van der Waals surface area contributed by atoms with E-state index in [1.807, 2.05) is 13.0 Å². The van der Waals surface area contributed by atoms with Crippen LogP contribution in [0.25, 0.3) is 0 Å².